The van der Waals surface area contributed by atoms with Crippen LogP contribution in [-0.4, -0.2) is 51.5 Å². The molecule has 0 radical (unpaired) electrons. The molecule has 0 aromatic heterocycles. The van der Waals surface area contributed by atoms with Crippen molar-refractivity contribution in [2.24, 2.45) is 0 Å². The van der Waals surface area contributed by atoms with Gasteiger partial charge in [-0.3, -0.25) is 4.79 Å². The fraction of sp³-hybridized carbons (Fsp3) is 0.458. The molecule has 0 aliphatic heterocycles. The van der Waals surface area contributed by atoms with Crippen molar-refractivity contribution in [3.63, 3.8) is 0 Å². The van der Waals surface area contributed by atoms with Crippen molar-refractivity contribution < 1.29 is 27.4 Å². The third-order valence-electron chi connectivity index (χ3n) is 4.83. The lowest BCUT2D eigenvalue weighted by Crippen LogP contribution is -2.30. The van der Waals surface area contributed by atoms with Gasteiger partial charge in [0.2, 0.25) is 15.9 Å². The summed E-state index contributed by atoms with van der Waals surface area (Å²) in [6, 6.07) is 11.6. The highest BCUT2D eigenvalue weighted by Crippen LogP contribution is 2.33. The molecule has 1 N–H and O–H groups in total. The normalized spacial score (nSPS) is 11.4. The first-order chi connectivity index (χ1) is 15.8. The zero-order valence-corrected chi connectivity index (χ0v) is 20.6. The smallest absolute Gasteiger partial charge is 0.243 e. The van der Waals surface area contributed by atoms with Gasteiger partial charge in [0.1, 0.15) is 11.5 Å². The first-order valence-corrected chi connectivity index (χ1v) is 12.7. The average Bonchev–Trinajstić information content (AvgIpc) is 2.80. The maximum absolute atomic E-state index is 13.0. The van der Waals surface area contributed by atoms with E-state index >= 15 is 0 Å². The molecular weight excluding hydrogens is 444 g/mol. The summed E-state index contributed by atoms with van der Waals surface area (Å²) in [7, 11) is -3.70. The van der Waals surface area contributed by atoms with E-state index < -0.39 is 10.0 Å². The van der Waals surface area contributed by atoms with Crippen LogP contribution in [0.15, 0.2) is 47.4 Å². The predicted octanol–water partition coefficient (Wildman–Crippen LogP) is 4.66. The summed E-state index contributed by atoms with van der Waals surface area (Å²) in [6.45, 7) is 9.70. The standard InChI is InChI=1S/C24H34N2O6S/c1-5-26(6-2)33(28,29)21-15-16-23(32-20-13-11-19(12-14-20)31-8-4)22(18-21)25-24(27)10-9-17-30-7-3/h11-16,18H,5-10,17H2,1-4H3,(H,25,27). The minimum Gasteiger partial charge on any atom is -0.494 e. The molecule has 0 fully saturated rings. The van der Waals surface area contributed by atoms with Crippen LogP contribution in [0.4, 0.5) is 5.69 Å². The molecule has 8 nitrogen and oxygen atoms in total. The molecule has 0 heterocycles. The van der Waals surface area contributed by atoms with Gasteiger partial charge in [0, 0.05) is 32.7 Å². The van der Waals surface area contributed by atoms with Gasteiger partial charge in [-0.15, -0.1) is 0 Å². The minimum atomic E-state index is -3.70. The Balaban J connectivity index is 2.32. The van der Waals surface area contributed by atoms with Gasteiger partial charge in [-0.2, -0.15) is 4.31 Å². The molecule has 2 rings (SSSR count). The van der Waals surface area contributed by atoms with Crippen molar-refractivity contribution in [3.05, 3.63) is 42.5 Å². The van der Waals surface area contributed by atoms with Crippen molar-refractivity contribution in [2.45, 2.75) is 45.4 Å². The number of hydrogen-bond donors (Lipinski definition) is 1. The second-order valence-corrected chi connectivity index (χ2v) is 9.04. The number of carbonyl (C=O) groups excluding carboxylic acids is 1. The molecule has 33 heavy (non-hydrogen) atoms. The third kappa shape index (κ3) is 7.73. The van der Waals surface area contributed by atoms with Crippen LogP contribution in [0, 0.1) is 0 Å². The highest BCUT2D eigenvalue weighted by atomic mass is 32.2. The largest absolute Gasteiger partial charge is 0.494 e. The Bertz CT molecular complexity index is 989. The van der Waals surface area contributed by atoms with Crippen LogP contribution >= 0.6 is 0 Å². The van der Waals surface area contributed by atoms with E-state index in [0.29, 0.717) is 62.3 Å². The zero-order chi connectivity index (χ0) is 24.3. The van der Waals surface area contributed by atoms with Gasteiger partial charge in [0.05, 0.1) is 17.2 Å². The summed E-state index contributed by atoms with van der Waals surface area (Å²) < 4.78 is 44.0. The van der Waals surface area contributed by atoms with Crippen molar-refractivity contribution in [2.75, 3.05) is 38.2 Å². The molecule has 0 atom stereocenters. The molecule has 1 amide bonds. The SMILES string of the molecule is CCOCCCC(=O)Nc1cc(S(=O)(=O)N(CC)CC)ccc1Oc1ccc(OCC)cc1. The van der Waals surface area contributed by atoms with Crippen molar-refractivity contribution in [1.29, 1.82) is 0 Å². The van der Waals surface area contributed by atoms with E-state index in [9.17, 15) is 13.2 Å². The van der Waals surface area contributed by atoms with Crippen LogP contribution in [-0.2, 0) is 19.6 Å². The van der Waals surface area contributed by atoms with E-state index in [0.717, 1.165) is 0 Å². The molecule has 0 bridgehead atoms. The number of amides is 1. The van der Waals surface area contributed by atoms with Crippen LogP contribution in [0.2, 0.25) is 0 Å². The van der Waals surface area contributed by atoms with Crippen molar-refractivity contribution >= 4 is 21.6 Å². The van der Waals surface area contributed by atoms with Gasteiger partial charge in [-0.05, 0) is 62.7 Å². The summed E-state index contributed by atoms with van der Waals surface area (Å²) in [5.74, 6) is 1.34. The number of nitrogens with one attached hydrogen (secondary N) is 1. The summed E-state index contributed by atoms with van der Waals surface area (Å²) >= 11 is 0. The highest BCUT2D eigenvalue weighted by molar-refractivity contribution is 7.89. The van der Waals surface area contributed by atoms with E-state index in [4.69, 9.17) is 14.2 Å². The third-order valence-corrected chi connectivity index (χ3v) is 6.87. The number of sulfonamides is 1. The number of nitrogens with zero attached hydrogens (tertiary/aromatic N) is 1. The quantitative estimate of drug-likeness (QED) is 0.397. The Labute approximate surface area is 196 Å². The molecule has 0 aliphatic rings. The number of hydrogen-bond acceptors (Lipinski definition) is 6. The minimum absolute atomic E-state index is 0.0925. The van der Waals surface area contributed by atoms with E-state index in [-0.39, 0.29) is 17.2 Å². The second-order valence-electron chi connectivity index (χ2n) is 7.10. The first kappa shape index (κ1) is 26.6. The van der Waals surface area contributed by atoms with Crippen LogP contribution in [0.25, 0.3) is 0 Å². The number of ether oxygens (including phenoxy) is 3. The summed E-state index contributed by atoms with van der Waals surface area (Å²) in [6.07, 6.45) is 0.807. The second kappa shape index (κ2) is 13.2. The van der Waals surface area contributed by atoms with Crippen LogP contribution < -0.4 is 14.8 Å². The van der Waals surface area contributed by atoms with Gasteiger partial charge in [0.25, 0.3) is 0 Å². The number of carbonyl (C=O) groups is 1. The monoisotopic (exact) mass is 478 g/mol. The van der Waals surface area contributed by atoms with Gasteiger partial charge in [-0.25, -0.2) is 8.42 Å². The Morgan fingerprint density at radius 2 is 1.61 bits per heavy atom. The van der Waals surface area contributed by atoms with Gasteiger partial charge in [0.15, 0.2) is 5.75 Å². The lowest BCUT2D eigenvalue weighted by atomic mass is 10.2. The topological polar surface area (TPSA) is 94.2 Å². The van der Waals surface area contributed by atoms with Crippen LogP contribution in [0.3, 0.4) is 0 Å². The Morgan fingerprint density at radius 3 is 2.21 bits per heavy atom. The molecule has 0 saturated heterocycles. The first-order valence-electron chi connectivity index (χ1n) is 11.3. The summed E-state index contributed by atoms with van der Waals surface area (Å²) in [5.41, 5.74) is 0.290. The van der Waals surface area contributed by atoms with E-state index in [1.54, 1.807) is 44.2 Å². The van der Waals surface area contributed by atoms with E-state index in [2.05, 4.69) is 5.32 Å². The lowest BCUT2D eigenvalue weighted by Gasteiger charge is -2.20. The van der Waals surface area contributed by atoms with E-state index in [1.807, 2.05) is 13.8 Å². The molecule has 0 unspecified atom stereocenters. The Hall–Kier alpha value is -2.62. The van der Waals surface area contributed by atoms with Gasteiger partial charge < -0.3 is 19.5 Å². The number of benzene rings is 2. The lowest BCUT2D eigenvalue weighted by molar-refractivity contribution is -0.116. The van der Waals surface area contributed by atoms with E-state index in [1.165, 1.54) is 16.4 Å². The average molecular weight is 479 g/mol. The Kier molecular flexibility index (Phi) is 10.6. The number of anilines is 1. The molecule has 0 spiro atoms. The van der Waals surface area contributed by atoms with Crippen molar-refractivity contribution in [3.8, 4) is 17.2 Å². The highest BCUT2D eigenvalue weighted by Gasteiger charge is 2.23. The molecular formula is C24H34N2O6S. The molecule has 0 aliphatic carbocycles. The maximum Gasteiger partial charge on any atom is 0.243 e. The fourth-order valence-electron chi connectivity index (χ4n) is 3.16. The molecule has 2 aromatic rings. The predicted molar refractivity (Wildman–Crippen MR) is 129 cm³/mol. The fourth-order valence-corrected chi connectivity index (χ4v) is 4.64. The molecule has 0 saturated carbocycles. The van der Waals surface area contributed by atoms with Crippen LogP contribution in [0.1, 0.15) is 40.5 Å². The molecule has 182 valence electrons. The van der Waals surface area contributed by atoms with Gasteiger partial charge >= 0.3 is 0 Å². The molecule has 9 heteroatoms. The maximum atomic E-state index is 13.0. The summed E-state index contributed by atoms with van der Waals surface area (Å²) in [5, 5.41) is 2.80. The summed E-state index contributed by atoms with van der Waals surface area (Å²) in [4.78, 5) is 12.6. The van der Waals surface area contributed by atoms with Gasteiger partial charge in [-0.1, -0.05) is 13.8 Å². The zero-order valence-electron chi connectivity index (χ0n) is 19.8. The molecule has 2 aromatic carbocycles. The van der Waals surface area contributed by atoms with Crippen molar-refractivity contribution in [1.82, 2.24) is 4.31 Å². The Morgan fingerprint density at radius 1 is 0.939 bits per heavy atom. The number of rotatable bonds is 14. The van der Waals surface area contributed by atoms with Crippen LogP contribution in [0.5, 0.6) is 17.2 Å².